The van der Waals surface area contributed by atoms with E-state index in [1.54, 1.807) is 17.4 Å². The Balaban J connectivity index is 2.47. The van der Waals surface area contributed by atoms with Gasteiger partial charge in [0.1, 0.15) is 0 Å². The Morgan fingerprint density at radius 3 is 2.65 bits per heavy atom. The number of benzene rings is 2. The van der Waals surface area contributed by atoms with Crippen molar-refractivity contribution in [3.63, 3.8) is 0 Å². The van der Waals surface area contributed by atoms with Gasteiger partial charge in [-0.15, -0.1) is 11.3 Å². The van der Waals surface area contributed by atoms with Crippen molar-refractivity contribution < 1.29 is 5.02 Å². The first kappa shape index (κ1) is 10.4. The monoisotopic (exact) mass is 241 g/mol. The van der Waals surface area contributed by atoms with Gasteiger partial charge >= 0.3 is 7.05 Å². The first-order valence-corrected chi connectivity index (χ1v) is 6.03. The van der Waals surface area contributed by atoms with Crippen LogP contribution in [0.4, 0.5) is 0 Å². The van der Waals surface area contributed by atoms with Crippen LogP contribution in [0.3, 0.4) is 0 Å². The third kappa shape index (κ3) is 1.55. The molecule has 0 atom stereocenters. The molecule has 17 heavy (non-hydrogen) atoms. The third-order valence-corrected chi connectivity index (χ3v) is 3.95. The van der Waals surface area contributed by atoms with Crippen LogP contribution < -0.4 is 5.46 Å². The number of fused-ring (bicyclic) bond motifs is 3. The standard InChI is InChI=1S/C12H8BNO2S/c15-13(14-16)9-5-3-7-11-12(9)8-4-1-2-6-10(8)17-11/h1-7,15H. The maximum atomic E-state index is 10.5. The van der Waals surface area contributed by atoms with E-state index in [9.17, 15) is 9.93 Å². The lowest BCUT2D eigenvalue weighted by Crippen LogP contribution is -2.27. The lowest BCUT2D eigenvalue weighted by Gasteiger charge is -2.00. The molecule has 0 fully saturated rings. The largest absolute Gasteiger partial charge is 0.518 e. The first-order chi connectivity index (χ1) is 8.31. The lowest BCUT2D eigenvalue weighted by molar-refractivity contribution is 0.588. The molecule has 0 saturated heterocycles. The highest BCUT2D eigenvalue weighted by atomic mass is 32.1. The summed E-state index contributed by atoms with van der Waals surface area (Å²) < 4.78 is 2.21. The van der Waals surface area contributed by atoms with Crippen molar-refractivity contribution in [1.82, 2.24) is 0 Å². The Morgan fingerprint density at radius 2 is 1.82 bits per heavy atom. The molecule has 0 unspecified atom stereocenters. The van der Waals surface area contributed by atoms with Crippen LogP contribution in [0.1, 0.15) is 0 Å². The maximum Gasteiger partial charge on any atom is 0.518 e. The number of nitrogens with zero attached hydrogens (tertiary/aromatic N) is 1. The molecular formula is C12H8BNO2S. The molecule has 0 aliphatic rings. The molecule has 0 aliphatic heterocycles. The molecule has 3 aromatic rings. The Kier molecular flexibility index (Phi) is 2.42. The van der Waals surface area contributed by atoms with Gasteiger partial charge in [-0.1, -0.05) is 35.4 Å². The van der Waals surface area contributed by atoms with Crippen LogP contribution >= 0.6 is 11.3 Å². The molecule has 3 rings (SSSR count). The average molecular weight is 241 g/mol. The maximum absolute atomic E-state index is 10.5. The molecule has 1 heterocycles. The summed E-state index contributed by atoms with van der Waals surface area (Å²) in [5, 5.41) is 14.3. The van der Waals surface area contributed by atoms with Crippen LogP contribution in [0.5, 0.6) is 0 Å². The highest BCUT2D eigenvalue weighted by Crippen LogP contribution is 2.32. The number of hydrogen-bond acceptors (Lipinski definition) is 4. The van der Waals surface area contributed by atoms with E-state index in [0.717, 1.165) is 20.2 Å². The van der Waals surface area contributed by atoms with Gasteiger partial charge in [-0.05, 0) is 28.4 Å². The van der Waals surface area contributed by atoms with Crippen molar-refractivity contribution in [3.05, 3.63) is 47.4 Å². The van der Waals surface area contributed by atoms with E-state index < -0.39 is 7.05 Å². The molecule has 0 spiro atoms. The highest BCUT2D eigenvalue weighted by molar-refractivity contribution is 7.26. The van der Waals surface area contributed by atoms with Gasteiger partial charge in [0.05, 0.1) is 0 Å². The van der Waals surface area contributed by atoms with Crippen molar-refractivity contribution in [2.75, 3.05) is 0 Å². The first-order valence-electron chi connectivity index (χ1n) is 5.22. The smallest absolute Gasteiger partial charge is 0.425 e. The fourth-order valence-electron chi connectivity index (χ4n) is 2.07. The van der Waals surface area contributed by atoms with Gasteiger partial charge < -0.3 is 5.02 Å². The quantitative estimate of drug-likeness (QED) is 0.553. The predicted octanol–water partition coefficient (Wildman–Crippen LogP) is 2.51. The van der Waals surface area contributed by atoms with Gasteiger partial charge in [-0.25, -0.2) is 0 Å². The van der Waals surface area contributed by atoms with Crippen LogP contribution in [0.2, 0.25) is 0 Å². The number of nitroso groups, excluding NO2 is 1. The summed E-state index contributed by atoms with van der Waals surface area (Å²) in [6, 6.07) is 13.5. The summed E-state index contributed by atoms with van der Waals surface area (Å²) in [5.74, 6) is 0. The molecule has 3 nitrogen and oxygen atoms in total. The van der Waals surface area contributed by atoms with E-state index in [1.165, 1.54) is 0 Å². The number of hydrogen-bond donors (Lipinski definition) is 1. The molecule has 82 valence electrons. The third-order valence-electron chi connectivity index (χ3n) is 2.81. The van der Waals surface area contributed by atoms with Crippen molar-refractivity contribution in [3.8, 4) is 0 Å². The molecule has 0 radical (unpaired) electrons. The Bertz CT molecular complexity index is 710. The minimum absolute atomic E-state index is 0.579. The second-order valence-corrected chi connectivity index (χ2v) is 4.88. The van der Waals surface area contributed by atoms with E-state index in [2.05, 4.69) is 5.09 Å². The average Bonchev–Trinajstić information content (AvgIpc) is 2.76. The topological polar surface area (TPSA) is 49.7 Å². The molecule has 2 aromatic carbocycles. The summed E-state index contributed by atoms with van der Waals surface area (Å²) >= 11 is 1.65. The molecule has 0 aliphatic carbocycles. The summed E-state index contributed by atoms with van der Waals surface area (Å²) in [7, 11) is -1.29. The fourth-order valence-corrected chi connectivity index (χ4v) is 3.21. The van der Waals surface area contributed by atoms with E-state index in [0.29, 0.717) is 5.46 Å². The number of rotatable bonds is 2. The van der Waals surface area contributed by atoms with Crippen LogP contribution in [0.25, 0.3) is 20.2 Å². The summed E-state index contributed by atoms with van der Waals surface area (Å²) in [5.41, 5.74) is 0.579. The van der Waals surface area contributed by atoms with Gasteiger partial charge in [-0.3, -0.25) is 0 Å². The van der Waals surface area contributed by atoms with E-state index in [-0.39, 0.29) is 0 Å². The van der Waals surface area contributed by atoms with Gasteiger partial charge in [0, 0.05) is 9.40 Å². The van der Waals surface area contributed by atoms with Crippen LogP contribution in [0, 0.1) is 4.91 Å². The Hall–Kier alpha value is -1.72. The molecule has 1 N–H and O–H groups in total. The minimum atomic E-state index is -1.29. The van der Waals surface area contributed by atoms with Crippen LogP contribution in [0.15, 0.2) is 47.6 Å². The fraction of sp³-hybridized carbons (Fsp3) is 0. The van der Waals surface area contributed by atoms with Gasteiger partial charge in [-0.2, -0.15) is 4.91 Å². The van der Waals surface area contributed by atoms with Gasteiger partial charge in [0.25, 0.3) is 0 Å². The van der Waals surface area contributed by atoms with Crippen LogP contribution in [-0.2, 0) is 0 Å². The molecule has 5 heteroatoms. The van der Waals surface area contributed by atoms with Crippen molar-refractivity contribution in [2.45, 2.75) is 0 Å². The van der Waals surface area contributed by atoms with Crippen LogP contribution in [-0.4, -0.2) is 12.1 Å². The zero-order valence-corrected chi connectivity index (χ0v) is 9.65. The van der Waals surface area contributed by atoms with Crippen molar-refractivity contribution >= 4 is 44.0 Å². The second kappa shape index (κ2) is 3.94. The summed E-state index contributed by atoms with van der Waals surface area (Å²) in [4.78, 5) is 10.5. The summed E-state index contributed by atoms with van der Waals surface area (Å²) in [6.45, 7) is 0. The van der Waals surface area contributed by atoms with Crippen molar-refractivity contribution in [1.29, 1.82) is 0 Å². The van der Waals surface area contributed by atoms with E-state index >= 15 is 0 Å². The molecule has 0 bridgehead atoms. The Morgan fingerprint density at radius 1 is 1.06 bits per heavy atom. The Labute approximate surface area is 102 Å². The van der Waals surface area contributed by atoms with Gasteiger partial charge in [0.15, 0.2) is 0 Å². The normalized spacial score (nSPS) is 10.9. The summed E-state index contributed by atoms with van der Waals surface area (Å²) in [6.07, 6.45) is 0. The zero-order chi connectivity index (χ0) is 11.8. The molecule has 0 saturated carbocycles. The van der Waals surface area contributed by atoms with Gasteiger partial charge in [0.2, 0.25) is 0 Å². The lowest BCUT2D eigenvalue weighted by atomic mass is 9.73. The second-order valence-electron chi connectivity index (χ2n) is 3.80. The molecular weight excluding hydrogens is 233 g/mol. The highest BCUT2D eigenvalue weighted by Gasteiger charge is 2.20. The minimum Gasteiger partial charge on any atom is -0.425 e. The molecule has 1 aromatic heterocycles. The zero-order valence-electron chi connectivity index (χ0n) is 8.83. The molecule has 0 amide bonds. The number of thiophene rings is 1. The van der Waals surface area contributed by atoms with Crippen molar-refractivity contribution in [2.24, 2.45) is 5.09 Å². The van der Waals surface area contributed by atoms with E-state index in [4.69, 9.17) is 0 Å². The predicted molar refractivity (Wildman–Crippen MR) is 72.7 cm³/mol. The SMILES string of the molecule is O=NB(O)c1cccc2sc3ccccc3c12. The van der Waals surface area contributed by atoms with E-state index in [1.807, 2.05) is 36.4 Å².